The molecule has 0 aliphatic carbocycles. The molecular weight excluding hydrogens is 475 g/mol. The molecule has 4 N–H and O–H groups in total. The summed E-state index contributed by atoms with van der Waals surface area (Å²) >= 11 is 0. The Kier molecular flexibility index (Phi) is 5.65. The number of carbonyl (C=O) groups is 1. The molecule has 4 heterocycles. The lowest BCUT2D eigenvalue weighted by atomic mass is 10.0. The summed E-state index contributed by atoms with van der Waals surface area (Å²) < 4.78 is 50.3. The average molecular weight is 497 g/mol. The van der Waals surface area contributed by atoms with Crippen LogP contribution in [0.25, 0.3) is 16.8 Å². The summed E-state index contributed by atoms with van der Waals surface area (Å²) in [6, 6.07) is 2.90. The van der Waals surface area contributed by atoms with Gasteiger partial charge in [0.25, 0.3) is 5.91 Å². The van der Waals surface area contributed by atoms with Crippen LogP contribution in [0.1, 0.15) is 41.4 Å². The minimum atomic E-state index is -0.770. The van der Waals surface area contributed by atoms with Gasteiger partial charge in [-0.1, -0.05) is 0 Å². The first-order valence-electron chi connectivity index (χ1n) is 11.1. The summed E-state index contributed by atoms with van der Waals surface area (Å²) in [7, 11) is 0. The minimum Gasteiger partial charge on any atom is -0.473 e. The zero-order chi connectivity index (χ0) is 25.7. The maximum absolute atomic E-state index is 14.5. The van der Waals surface area contributed by atoms with Gasteiger partial charge in [-0.25, -0.2) is 23.1 Å². The molecule has 1 amide bonds. The SMILES string of the molecule is Cc1c(F)cc(-c2c3nc4c(cnn4c2N)C(=O)NCC(C)Oc2ncc(F)cc2C(C)N3)cc1F. The van der Waals surface area contributed by atoms with Crippen LogP contribution in [0.3, 0.4) is 0 Å². The van der Waals surface area contributed by atoms with Gasteiger partial charge >= 0.3 is 0 Å². The van der Waals surface area contributed by atoms with E-state index in [2.05, 4.69) is 25.7 Å². The van der Waals surface area contributed by atoms with Gasteiger partial charge in [0.05, 0.1) is 30.5 Å². The van der Waals surface area contributed by atoms with Crippen molar-refractivity contribution in [3.8, 4) is 17.0 Å². The fourth-order valence-corrected chi connectivity index (χ4v) is 4.05. The number of aromatic nitrogens is 4. The number of hydrogen-bond donors (Lipinski definition) is 3. The summed E-state index contributed by atoms with van der Waals surface area (Å²) in [5, 5.41) is 10.1. The number of hydrogen-bond acceptors (Lipinski definition) is 7. The predicted octanol–water partition coefficient (Wildman–Crippen LogP) is 3.78. The van der Waals surface area contributed by atoms with E-state index in [-0.39, 0.29) is 52.0 Å². The minimum absolute atomic E-state index is 0.00603. The standard InChI is InChI=1S/C24H22F3N7O2/c1-10-7-29-23(35)16-9-31-34-20(28)19(13-4-17(26)11(2)18(27)5-13)21(33-22(16)34)32-12(3)15-6-14(25)8-30-24(15)36-10/h4-6,8-10,12H,7,28H2,1-3H3,(H,29,35)(H,32,33). The molecule has 1 aliphatic rings. The van der Waals surface area contributed by atoms with E-state index in [1.165, 1.54) is 23.7 Å². The van der Waals surface area contributed by atoms with Crippen molar-refractivity contribution in [1.29, 1.82) is 0 Å². The zero-order valence-corrected chi connectivity index (χ0v) is 19.6. The second-order valence-corrected chi connectivity index (χ2v) is 8.63. The molecule has 36 heavy (non-hydrogen) atoms. The first kappa shape index (κ1) is 23.4. The van der Waals surface area contributed by atoms with Gasteiger partial charge < -0.3 is 21.1 Å². The molecule has 0 fully saturated rings. The first-order valence-corrected chi connectivity index (χ1v) is 11.1. The van der Waals surface area contributed by atoms with Crippen molar-refractivity contribution in [3.63, 3.8) is 0 Å². The number of carbonyl (C=O) groups excluding carboxylic acids is 1. The molecule has 1 aliphatic heterocycles. The van der Waals surface area contributed by atoms with Crippen molar-refractivity contribution in [2.24, 2.45) is 0 Å². The molecule has 12 heteroatoms. The van der Waals surface area contributed by atoms with E-state index in [9.17, 15) is 18.0 Å². The van der Waals surface area contributed by atoms with Gasteiger partial charge in [-0.05, 0) is 44.5 Å². The van der Waals surface area contributed by atoms with Crippen LogP contribution in [0.2, 0.25) is 0 Å². The van der Waals surface area contributed by atoms with Gasteiger partial charge in [0.15, 0.2) is 5.65 Å². The number of anilines is 2. The summed E-state index contributed by atoms with van der Waals surface area (Å²) in [5.74, 6) is -2.34. The van der Waals surface area contributed by atoms with Gasteiger partial charge in [-0.3, -0.25) is 4.79 Å². The Labute approximate surface area is 203 Å². The quantitative estimate of drug-likeness (QED) is 0.366. The second-order valence-electron chi connectivity index (χ2n) is 8.63. The van der Waals surface area contributed by atoms with Crippen LogP contribution in [0.15, 0.2) is 30.6 Å². The van der Waals surface area contributed by atoms with Crippen LogP contribution in [0.5, 0.6) is 5.88 Å². The molecule has 186 valence electrons. The molecule has 3 aromatic heterocycles. The molecule has 1 aromatic carbocycles. The number of nitrogens with two attached hydrogens (primary N) is 1. The molecule has 0 spiro atoms. The van der Waals surface area contributed by atoms with Crippen molar-refractivity contribution in [2.45, 2.75) is 32.9 Å². The number of amides is 1. The Hall–Kier alpha value is -4.35. The van der Waals surface area contributed by atoms with Crippen molar-refractivity contribution >= 4 is 23.2 Å². The number of nitrogens with one attached hydrogen (secondary N) is 2. The summed E-state index contributed by atoms with van der Waals surface area (Å²) in [6.07, 6.45) is 1.83. The summed E-state index contributed by atoms with van der Waals surface area (Å²) in [4.78, 5) is 21.5. The lowest BCUT2D eigenvalue weighted by Gasteiger charge is -2.22. The van der Waals surface area contributed by atoms with E-state index in [0.29, 0.717) is 5.56 Å². The number of pyridine rings is 1. The number of benzene rings is 1. The molecule has 9 nitrogen and oxygen atoms in total. The van der Waals surface area contributed by atoms with Crippen LogP contribution in [-0.2, 0) is 0 Å². The number of nitrogen functional groups attached to an aromatic ring is 1. The fourth-order valence-electron chi connectivity index (χ4n) is 4.05. The van der Waals surface area contributed by atoms with Gasteiger partial charge in [-0.2, -0.15) is 9.61 Å². The third kappa shape index (κ3) is 3.93. The predicted molar refractivity (Wildman–Crippen MR) is 126 cm³/mol. The number of fused-ring (bicyclic) bond motifs is 2. The molecule has 0 saturated heterocycles. The number of ether oxygens (including phenoxy) is 1. The van der Waals surface area contributed by atoms with Crippen molar-refractivity contribution in [3.05, 3.63) is 64.7 Å². The van der Waals surface area contributed by atoms with Crippen LogP contribution in [0.4, 0.5) is 24.8 Å². The summed E-state index contributed by atoms with van der Waals surface area (Å²) in [6.45, 7) is 4.89. The Morgan fingerprint density at radius 1 is 1.14 bits per heavy atom. The molecule has 0 radical (unpaired) electrons. The van der Waals surface area contributed by atoms with Gasteiger partial charge in [-0.15, -0.1) is 0 Å². The summed E-state index contributed by atoms with van der Waals surface area (Å²) in [5.41, 5.74) is 7.17. The highest BCUT2D eigenvalue weighted by Crippen LogP contribution is 2.38. The third-order valence-electron chi connectivity index (χ3n) is 6.03. The largest absolute Gasteiger partial charge is 0.473 e. The van der Waals surface area contributed by atoms with E-state index in [0.717, 1.165) is 18.3 Å². The Balaban J connectivity index is 1.77. The molecule has 2 atom stereocenters. The molecular formula is C24H22F3N7O2. The number of rotatable bonds is 1. The molecule has 5 rings (SSSR count). The van der Waals surface area contributed by atoms with Gasteiger partial charge in [0, 0.05) is 11.1 Å². The second kappa shape index (κ2) is 8.70. The van der Waals surface area contributed by atoms with Gasteiger partial charge in [0.1, 0.15) is 40.8 Å². The smallest absolute Gasteiger partial charge is 0.256 e. The Morgan fingerprint density at radius 2 is 1.86 bits per heavy atom. The van der Waals surface area contributed by atoms with Gasteiger partial charge in [0.2, 0.25) is 5.88 Å². The third-order valence-corrected chi connectivity index (χ3v) is 6.03. The monoisotopic (exact) mass is 497 g/mol. The maximum atomic E-state index is 14.5. The van der Waals surface area contributed by atoms with E-state index in [1.807, 2.05) is 0 Å². The van der Waals surface area contributed by atoms with E-state index >= 15 is 0 Å². The van der Waals surface area contributed by atoms with Crippen molar-refractivity contribution < 1.29 is 22.7 Å². The normalized spacial score (nSPS) is 17.9. The van der Waals surface area contributed by atoms with E-state index < -0.39 is 35.5 Å². The van der Waals surface area contributed by atoms with E-state index in [1.54, 1.807) is 13.8 Å². The lowest BCUT2D eigenvalue weighted by Crippen LogP contribution is -2.34. The maximum Gasteiger partial charge on any atom is 0.256 e. The van der Waals surface area contributed by atoms with Crippen LogP contribution >= 0.6 is 0 Å². The average Bonchev–Trinajstić information content (AvgIpc) is 3.26. The van der Waals surface area contributed by atoms with Crippen LogP contribution in [0, 0.1) is 24.4 Å². The van der Waals surface area contributed by atoms with Crippen LogP contribution in [-0.4, -0.2) is 38.1 Å². The van der Waals surface area contributed by atoms with Crippen molar-refractivity contribution in [2.75, 3.05) is 17.6 Å². The van der Waals surface area contributed by atoms with E-state index in [4.69, 9.17) is 10.5 Å². The molecule has 0 saturated carbocycles. The van der Waals surface area contributed by atoms with Crippen molar-refractivity contribution in [1.82, 2.24) is 24.9 Å². The number of halogens is 3. The number of nitrogens with zero attached hydrogens (tertiary/aromatic N) is 4. The Bertz CT molecular complexity index is 1500. The molecule has 2 bridgehead atoms. The highest BCUT2D eigenvalue weighted by molar-refractivity contribution is 6.01. The zero-order valence-electron chi connectivity index (χ0n) is 19.6. The lowest BCUT2D eigenvalue weighted by molar-refractivity contribution is 0.0932. The highest BCUT2D eigenvalue weighted by Gasteiger charge is 2.26. The topological polar surface area (TPSA) is 119 Å². The first-order chi connectivity index (χ1) is 17.1. The highest BCUT2D eigenvalue weighted by atomic mass is 19.1. The fraction of sp³-hybridized carbons (Fsp3) is 0.250. The molecule has 2 unspecified atom stereocenters. The Morgan fingerprint density at radius 3 is 2.58 bits per heavy atom. The molecule has 4 aromatic rings. The van der Waals surface area contributed by atoms with Crippen LogP contribution < -0.4 is 21.1 Å².